The highest BCUT2D eigenvalue weighted by Crippen LogP contribution is 2.42. The van der Waals surface area contributed by atoms with Gasteiger partial charge in [-0.15, -0.1) is 16.4 Å². The van der Waals surface area contributed by atoms with Crippen LogP contribution in [0, 0.1) is 12.8 Å². The molecule has 1 amide bonds. The number of fused-ring (bicyclic) bond motifs is 1. The summed E-state index contributed by atoms with van der Waals surface area (Å²) in [5, 5.41) is 10.2. The number of hydrogen-bond donors (Lipinski definition) is 0. The number of hydrogen-bond acceptors (Lipinski definition) is 7. The predicted octanol–water partition coefficient (Wildman–Crippen LogP) is 3.85. The molecule has 172 valence electrons. The van der Waals surface area contributed by atoms with Crippen LogP contribution in [0.25, 0.3) is 10.9 Å². The molecule has 0 saturated carbocycles. The van der Waals surface area contributed by atoms with Crippen LogP contribution in [-0.2, 0) is 21.1 Å². The Balaban J connectivity index is 1.43. The molecule has 4 aromatic rings. The number of benzene rings is 2. The van der Waals surface area contributed by atoms with Crippen LogP contribution in [0.15, 0.2) is 70.8 Å². The first-order valence-electron chi connectivity index (χ1n) is 10.9. The van der Waals surface area contributed by atoms with E-state index < -0.39 is 17.9 Å². The van der Waals surface area contributed by atoms with Crippen molar-refractivity contribution in [1.29, 1.82) is 0 Å². The summed E-state index contributed by atoms with van der Waals surface area (Å²) in [6.45, 7) is 1.64. The second kappa shape index (κ2) is 9.18. The van der Waals surface area contributed by atoms with Crippen LogP contribution < -0.4 is 10.5 Å². The number of carbonyl (C=O) groups excluding carboxylic acids is 2. The van der Waals surface area contributed by atoms with E-state index >= 15 is 0 Å². The molecule has 1 fully saturated rings. The number of ether oxygens (including phenoxy) is 1. The fraction of sp³-hybridized carbons (Fsp3) is 0.240. The van der Waals surface area contributed by atoms with Gasteiger partial charge in [-0.25, -0.2) is 0 Å². The smallest absolute Gasteiger partial charge is 0.313 e. The zero-order chi connectivity index (χ0) is 23.7. The summed E-state index contributed by atoms with van der Waals surface area (Å²) < 4.78 is 6.59. The summed E-state index contributed by atoms with van der Waals surface area (Å²) in [5.41, 5.74) is 1.92. The van der Waals surface area contributed by atoms with Crippen LogP contribution in [-0.4, -0.2) is 26.9 Å². The lowest BCUT2D eigenvalue weighted by atomic mass is 9.87. The number of esters is 1. The fourth-order valence-electron chi connectivity index (χ4n) is 4.27. The highest BCUT2D eigenvalue weighted by atomic mass is 32.1. The van der Waals surface area contributed by atoms with Gasteiger partial charge < -0.3 is 9.64 Å². The summed E-state index contributed by atoms with van der Waals surface area (Å²) in [5.74, 6) is -1.10. The molecule has 34 heavy (non-hydrogen) atoms. The first-order chi connectivity index (χ1) is 16.5. The van der Waals surface area contributed by atoms with Gasteiger partial charge in [0, 0.05) is 17.0 Å². The summed E-state index contributed by atoms with van der Waals surface area (Å²) in [7, 11) is 0. The topological polar surface area (TPSA) is 94.4 Å². The summed E-state index contributed by atoms with van der Waals surface area (Å²) in [4.78, 5) is 41.6. The minimum Gasteiger partial charge on any atom is -0.442 e. The van der Waals surface area contributed by atoms with Crippen molar-refractivity contribution < 1.29 is 14.3 Å². The van der Waals surface area contributed by atoms with Crippen molar-refractivity contribution in [2.75, 3.05) is 4.90 Å². The molecular weight excluding hydrogens is 452 g/mol. The summed E-state index contributed by atoms with van der Waals surface area (Å²) in [6, 6.07) is 17.9. The molecule has 0 N–H and O–H groups in total. The van der Waals surface area contributed by atoms with Crippen LogP contribution in [0.2, 0.25) is 0 Å². The minimum atomic E-state index is -0.582. The quantitative estimate of drug-likeness (QED) is 0.408. The van der Waals surface area contributed by atoms with Gasteiger partial charge in [-0.1, -0.05) is 41.1 Å². The molecule has 2 aromatic carbocycles. The highest BCUT2D eigenvalue weighted by molar-refractivity contribution is 7.10. The van der Waals surface area contributed by atoms with Crippen LogP contribution >= 0.6 is 11.3 Å². The molecule has 3 heterocycles. The van der Waals surface area contributed by atoms with E-state index in [0.29, 0.717) is 17.3 Å². The number of carbonyl (C=O) groups is 2. The molecule has 1 aliphatic heterocycles. The van der Waals surface area contributed by atoms with Gasteiger partial charge >= 0.3 is 5.97 Å². The molecule has 9 heteroatoms. The molecule has 0 spiro atoms. The van der Waals surface area contributed by atoms with Gasteiger partial charge in [0.05, 0.1) is 17.3 Å². The van der Waals surface area contributed by atoms with Gasteiger partial charge in [0.1, 0.15) is 5.52 Å². The molecule has 0 aliphatic carbocycles. The molecule has 5 rings (SSSR count). The first-order valence-corrected chi connectivity index (χ1v) is 11.8. The Hall–Kier alpha value is -3.85. The van der Waals surface area contributed by atoms with E-state index in [-0.39, 0.29) is 24.6 Å². The lowest BCUT2D eigenvalue weighted by molar-refractivity contribution is -0.155. The Labute approximate surface area is 199 Å². The number of rotatable bonds is 5. The number of aryl methyl sites for hydroxylation is 1. The molecule has 0 radical (unpaired) electrons. The zero-order valence-corrected chi connectivity index (χ0v) is 19.3. The maximum atomic E-state index is 13.3. The van der Waals surface area contributed by atoms with Crippen molar-refractivity contribution >= 4 is 39.8 Å². The van der Waals surface area contributed by atoms with Crippen molar-refractivity contribution in [2.45, 2.75) is 32.5 Å². The van der Waals surface area contributed by atoms with E-state index in [9.17, 15) is 14.4 Å². The van der Waals surface area contributed by atoms with Crippen LogP contribution in [0.5, 0.6) is 0 Å². The standard InChI is InChI=1S/C25H22N4O4S/c1-16-8-10-17(11-9-16)29-22(30)13-12-19(23(29)21-7-4-14-34-21)25(32)33-15-28-24(31)18-5-2-3-6-20(18)26-27-28/h2-11,14,19,23H,12-13,15H2,1H3. The number of amides is 1. The molecule has 1 aliphatic rings. The first kappa shape index (κ1) is 22.0. The third-order valence-electron chi connectivity index (χ3n) is 6.01. The van der Waals surface area contributed by atoms with E-state index in [4.69, 9.17) is 4.74 Å². The lowest BCUT2D eigenvalue weighted by Crippen LogP contribution is -2.46. The second-order valence-corrected chi connectivity index (χ2v) is 9.19. The molecule has 2 atom stereocenters. The molecule has 0 bridgehead atoms. The van der Waals surface area contributed by atoms with Crippen LogP contribution in [0.3, 0.4) is 0 Å². The van der Waals surface area contributed by atoms with Crippen molar-refractivity contribution in [3.8, 4) is 0 Å². The Kier molecular flexibility index (Phi) is 5.93. The van der Waals surface area contributed by atoms with Gasteiger partial charge in [0.25, 0.3) is 5.56 Å². The van der Waals surface area contributed by atoms with Gasteiger partial charge in [0.15, 0.2) is 6.73 Å². The molecule has 2 unspecified atom stereocenters. The predicted molar refractivity (Wildman–Crippen MR) is 128 cm³/mol. The van der Waals surface area contributed by atoms with E-state index in [1.807, 2.05) is 48.7 Å². The number of thiophene rings is 1. The minimum absolute atomic E-state index is 0.0390. The third kappa shape index (κ3) is 4.10. The number of piperidine rings is 1. The third-order valence-corrected chi connectivity index (χ3v) is 6.95. The molecule has 2 aromatic heterocycles. The van der Waals surface area contributed by atoms with E-state index in [1.165, 1.54) is 11.3 Å². The van der Waals surface area contributed by atoms with Crippen LogP contribution in [0.4, 0.5) is 5.69 Å². The highest BCUT2D eigenvalue weighted by Gasteiger charge is 2.42. The van der Waals surface area contributed by atoms with E-state index in [1.54, 1.807) is 29.2 Å². The van der Waals surface area contributed by atoms with E-state index in [2.05, 4.69) is 10.3 Å². The van der Waals surface area contributed by atoms with E-state index in [0.717, 1.165) is 20.8 Å². The van der Waals surface area contributed by atoms with Gasteiger partial charge in [-0.2, -0.15) is 4.68 Å². The number of anilines is 1. The van der Waals surface area contributed by atoms with Crippen molar-refractivity contribution in [3.05, 3.63) is 86.8 Å². The fourth-order valence-corrected chi connectivity index (χ4v) is 5.15. The molecule has 8 nitrogen and oxygen atoms in total. The second-order valence-electron chi connectivity index (χ2n) is 8.21. The van der Waals surface area contributed by atoms with Crippen molar-refractivity contribution in [2.24, 2.45) is 5.92 Å². The monoisotopic (exact) mass is 474 g/mol. The molecule has 1 saturated heterocycles. The Morgan fingerprint density at radius 3 is 2.65 bits per heavy atom. The zero-order valence-electron chi connectivity index (χ0n) is 18.5. The Morgan fingerprint density at radius 1 is 1.09 bits per heavy atom. The van der Waals surface area contributed by atoms with Gasteiger partial charge in [-0.05, 0) is 49.1 Å². The Bertz CT molecular complexity index is 1400. The van der Waals surface area contributed by atoms with Crippen molar-refractivity contribution in [3.63, 3.8) is 0 Å². The average Bonchev–Trinajstić information content (AvgIpc) is 3.39. The Morgan fingerprint density at radius 2 is 1.88 bits per heavy atom. The normalized spacial score (nSPS) is 18.3. The number of aromatic nitrogens is 3. The SMILES string of the molecule is Cc1ccc(N2C(=O)CCC(C(=O)OCn3nnc4ccccc4c3=O)C2c2cccs2)cc1. The maximum absolute atomic E-state index is 13.3. The van der Waals surface area contributed by atoms with Crippen molar-refractivity contribution in [1.82, 2.24) is 15.0 Å². The summed E-state index contributed by atoms with van der Waals surface area (Å²) >= 11 is 1.49. The van der Waals surface area contributed by atoms with Gasteiger partial charge in [-0.3, -0.25) is 14.4 Å². The van der Waals surface area contributed by atoms with Gasteiger partial charge in [0.2, 0.25) is 5.91 Å². The summed E-state index contributed by atoms with van der Waals surface area (Å²) in [6.07, 6.45) is 0.589. The largest absolute Gasteiger partial charge is 0.442 e. The lowest BCUT2D eigenvalue weighted by Gasteiger charge is -2.39. The number of nitrogens with zero attached hydrogens (tertiary/aromatic N) is 4. The van der Waals surface area contributed by atoms with Crippen LogP contribution in [0.1, 0.15) is 29.3 Å². The molecular formula is C25H22N4O4S. The average molecular weight is 475 g/mol. The maximum Gasteiger partial charge on any atom is 0.313 e.